The number of ketones is 1. The van der Waals surface area contributed by atoms with Gasteiger partial charge < -0.3 is 4.74 Å². The number of rotatable bonds is 5. The van der Waals surface area contributed by atoms with Crippen molar-refractivity contribution in [1.82, 2.24) is 0 Å². The summed E-state index contributed by atoms with van der Waals surface area (Å²) in [7, 11) is 0. The number of anilines is 1. The Bertz CT molecular complexity index is 1090. The van der Waals surface area contributed by atoms with Crippen molar-refractivity contribution in [3.05, 3.63) is 87.6 Å². The van der Waals surface area contributed by atoms with Gasteiger partial charge in [-0.15, -0.1) is 11.3 Å². The summed E-state index contributed by atoms with van der Waals surface area (Å²) in [5.41, 5.74) is 0.918. The maximum Gasteiger partial charge on any atom is 0.338 e. The Kier molecular flexibility index (Phi) is 4.58. The average Bonchev–Trinajstić information content (AvgIpc) is 3.34. The van der Waals surface area contributed by atoms with Crippen LogP contribution >= 0.6 is 11.3 Å². The number of carbonyl (C=O) groups is 4. The van der Waals surface area contributed by atoms with Crippen LogP contribution in [0, 0.1) is 0 Å². The summed E-state index contributed by atoms with van der Waals surface area (Å²) in [5.74, 6) is -1.98. The Balaban J connectivity index is 1.53. The SMILES string of the molecule is O=C(OCC(=O)c1cccs1)c1ccc2c(c1)C(=O)N(c1ccccc1)C2=O. The molecule has 0 saturated heterocycles. The first-order valence-electron chi connectivity index (χ1n) is 8.38. The lowest BCUT2D eigenvalue weighted by molar-refractivity contribution is 0.0475. The topological polar surface area (TPSA) is 80.8 Å². The number of thiophene rings is 1. The first-order chi connectivity index (χ1) is 13.6. The molecule has 4 rings (SSSR count). The molecule has 0 bridgehead atoms. The summed E-state index contributed by atoms with van der Waals surface area (Å²) in [6, 6.07) is 16.1. The van der Waals surface area contributed by atoms with E-state index in [-0.39, 0.29) is 29.1 Å². The van der Waals surface area contributed by atoms with E-state index in [1.165, 1.54) is 29.5 Å². The van der Waals surface area contributed by atoms with E-state index in [2.05, 4.69) is 0 Å². The van der Waals surface area contributed by atoms with Crippen LogP contribution in [0.4, 0.5) is 5.69 Å². The molecule has 1 aliphatic heterocycles. The predicted octanol–water partition coefficient (Wildman–Crippen LogP) is 3.59. The van der Waals surface area contributed by atoms with Gasteiger partial charge in [0.1, 0.15) is 0 Å². The van der Waals surface area contributed by atoms with E-state index in [1.807, 2.05) is 0 Å². The molecule has 7 heteroatoms. The van der Waals surface area contributed by atoms with Crippen LogP contribution in [0.25, 0.3) is 0 Å². The van der Waals surface area contributed by atoms with Crippen molar-refractivity contribution in [2.45, 2.75) is 0 Å². The fourth-order valence-electron chi connectivity index (χ4n) is 2.90. The lowest BCUT2D eigenvalue weighted by Crippen LogP contribution is -2.29. The number of ether oxygens (including phenoxy) is 1. The minimum absolute atomic E-state index is 0.105. The number of fused-ring (bicyclic) bond motifs is 1. The molecule has 6 nitrogen and oxygen atoms in total. The number of carbonyl (C=O) groups excluding carboxylic acids is 4. The monoisotopic (exact) mass is 391 g/mol. The molecule has 2 amide bonds. The molecule has 0 saturated carbocycles. The summed E-state index contributed by atoms with van der Waals surface area (Å²) in [6.07, 6.45) is 0. The molecule has 0 atom stereocenters. The Labute approximate surface area is 164 Å². The third-order valence-electron chi connectivity index (χ3n) is 4.27. The quantitative estimate of drug-likeness (QED) is 0.377. The van der Waals surface area contributed by atoms with Crippen LogP contribution in [-0.2, 0) is 4.74 Å². The maximum atomic E-state index is 12.7. The third kappa shape index (κ3) is 3.12. The van der Waals surface area contributed by atoms with Gasteiger partial charge in [0.05, 0.1) is 27.3 Å². The molecular formula is C21H13NO5S. The zero-order chi connectivity index (χ0) is 19.7. The first-order valence-corrected chi connectivity index (χ1v) is 9.26. The van der Waals surface area contributed by atoms with Gasteiger partial charge in [-0.25, -0.2) is 9.69 Å². The highest BCUT2D eigenvalue weighted by Gasteiger charge is 2.37. The largest absolute Gasteiger partial charge is 0.454 e. The van der Waals surface area contributed by atoms with Crippen molar-refractivity contribution >= 4 is 40.6 Å². The Morgan fingerprint density at radius 3 is 2.36 bits per heavy atom. The van der Waals surface area contributed by atoms with Crippen LogP contribution in [0.3, 0.4) is 0 Å². The zero-order valence-electron chi connectivity index (χ0n) is 14.5. The smallest absolute Gasteiger partial charge is 0.338 e. The molecule has 0 N–H and O–H groups in total. The third-order valence-corrected chi connectivity index (χ3v) is 5.18. The first kappa shape index (κ1) is 17.8. The molecule has 1 aliphatic rings. The summed E-state index contributed by atoms with van der Waals surface area (Å²) in [5, 5.41) is 1.76. The van der Waals surface area contributed by atoms with E-state index in [1.54, 1.807) is 47.8 Å². The van der Waals surface area contributed by atoms with Gasteiger partial charge in [-0.3, -0.25) is 14.4 Å². The second-order valence-corrected chi connectivity index (χ2v) is 6.97. The number of esters is 1. The van der Waals surface area contributed by atoms with Crippen molar-refractivity contribution in [2.24, 2.45) is 0 Å². The highest BCUT2D eigenvalue weighted by atomic mass is 32.1. The van der Waals surface area contributed by atoms with Crippen LogP contribution in [0.15, 0.2) is 66.0 Å². The zero-order valence-corrected chi connectivity index (χ0v) is 15.3. The molecule has 1 aromatic heterocycles. The highest BCUT2D eigenvalue weighted by Crippen LogP contribution is 2.29. The van der Waals surface area contributed by atoms with Gasteiger partial charge in [-0.05, 0) is 41.8 Å². The Morgan fingerprint density at radius 1 is 0.893 bits per heavy atom. The van der Waals surface area contributed by atoms with Crippen molar-refractivity contribution in [1.29, 1.82) is 0 Å². The van der Waals surface area contributed by atoms with Crippen LogP contribution in [-0.4, -0.2) is 30.2 Å². The van der Waals surface area contributed by atoms with Crippen molar-refractivity contribution in [3.8, 4) is 0 Å². The van der Waals surface area contributed by atoms with E-state index in [4.69, 9.17) is 4.74 Å². The second kappa shape index (κ2) is 7.21. The maximum absolute atomic E-state index is 12.7. The minimum atomic E-state index is -0.730. The summed E-state index contributed by atoms with van der Waals surface area (Å²) < 4.78 is 5.06. The van der Waals surface area contributed by atoms with Crippen LogP contribution in [0.1, 0.15) is 40.7 Å². The molecule has 2 aromatic carbocycles. The van der Waals surface area contributed by atoms with Gasteiger partial charge in [-0.2, -0.15) is 0 Å². The van der Waals surface area contributed by atoms with E-state index in [0.717, 1.165) is 4.90 Å². The lowest BCUT2D eigenvalue weighted by atomic mass is 10.1. The van der Waals surface area contributed by atoms with E-state index in [0.29, 0.717) is 10.6 Å². The number of amides is 2. The number of benzene rings is 2. The molecule has 28 heavy (non-hydrogen) atoms. The second-order valence-electron chi connectivity index (χ2n) is 6.02. The van der Waals surface area contributed by atoms with E-state index in [9.17, 15) is 19.2 Å². The molecule has 0 radical (unpaired) electrons. The molecule has 3 aromatic rings. The fourth-order valence-corrected chi connectivity index (χ4v) is 3.55. The van der Waals surface area contributed by atoms with Gasteiger partial charge in [0.2, 0.25) is 5.78 Å². The number of hydrogen-bond acceptors (Lipinski definition) is 6. The molecular weight excluding hydrogens is 378 g/mol. The standard InChI is InChI=1S/C21H13NO5S/c23-17(18-7-4-10-28-18)12-27-21(26)13-8-9-15-16(11-13)20(25)22(19(15)24)14-5-2-1-3-6-14/h1-11H,12H2. The van der Waals surface area contributed by atoms with Gasteiger partial charge in [0, 0.05) is 0 Å². The summed E-state index contributed by atoms with van der Waals surface area (Å²) in [6.45, 7) is -0.389. The van der Waals surface area contributed by atoms with Crippen LogP contribution in [0.2, 0.25) is 0 Å². The molecule has 0 fully saturated rings. The summed E-state index contributed by atoms with van der Waals surface area (Å²) in [4.78, 5) is 51.1. The van der Waals surface area contributed by atoms with Crippen LogP contribution < -0.4 is 4.90 Å². The number of Topliss-reactive ketones (excluding diaryl/α,β-unsaturated/α-hetero) is 1. The number of para-hydroxylation sites is 1. The molecule has 138 valence electrons. The van der Waals surface area contributed by atoms with E-state index < -0.39 is 17.8 Å². The number of imide groups is 1. The van der Waals surface area contributed by atoms with Gasteiger partial charge in [0.25, 0.3) is 11.8 Å². The minimum Gasteiger partial charge on any atom is -0.454 e. The van der Waals surface area contributed by atoms with Gasteiger partial charge in [0.15, 0.2) is 6.61 Å². The average molecular weight is 391 g/mol. The number of nitrogens with zero attached hydrogens (tertiary/aromatic N) is 1. The fraction of sp³-hybridized carbons (Fsp3) is 0.0476. The predicted molar refractivity (Wildman–Crippen MR) is 103 cm³/mol. The number of hydrogen-bond donors (Lipinski definition) is 0. The van der Waals surface area contributed by atoms with Crippen molar-refractivity contribution in [3.63, 3.8) is 0 Å². The lowest BCUT2D eigenvalue weighted by Gasteiger charge is -2.13. The van der Waals surface area contributed by atoms with Gasteiger partial charge in [-0.1, -0.05) is 24.3 Å². The van der Waals surface area contributed by atoms with Crippen LogP contribution in [0.5, 0.6) is 0 Å². The normalized spacial score (nSPS) is 12.8. The highest BCUT2D eigenvalue weighted by molar-refractivity contribution is 7.12. The van der Waals surface area contributed by atoms with Gasteiger partial charge >= 0.3 is 5.97 Å². The molecule has 2 heterocycles. The van der Waals surface area contributed by atoms with Crippen molar-refractivity contribution < 1.29 is 23.9 Å². The summed E-state index contributed by atoms with van der Waals surface area (Å²) >= 11 is 1.26. The van der Waals surface area contributed by atoms with Crippen molar-refractivity contribution in [2.75, 3.05) is 11.5 Å². The Morgan fingerprint density at radius 2 is 1.64 bits per heavy atom. The Hall–Kier alpha value is -3.58. The van der Waals surface area contributed by atoms with E-state index >= 15 is 0 Å². The molecule has 0 spiro atoms. The molecule has 0 aliphatic carbocycles. The molecule has 0 unspecified atom stereocenters.